The van der Waals surface area contributed by atoms with Crippen LogP contribution in [0.1, 0.15) is 22.8 Å². The van der Waals surface area contributed by atoms with Crippen LogP contribution in [0.15, 0.2) is 22.7 Å². The van der Waals surface area contributed by atoms with Crippen molar-refractivity contribution in [3.63, 3.8) is 0 Å². The summed E-state index contributed by atoms with van der Waals surface area (Å²) in [5.74, 6) is 1.28. The van der Waals surface area contributed by atoms with Gasteiger partial charge in [0.15, 0.2) is 5.82 Å². The van der Waals surface area contributed by atoms with Gasteiger partial charge in [-0.2, -0.15) is 4.98 Å². The van der Waals surface area contributed by atoms with Crippen LogP contribution < -0.4 is 5.32 Å². The van der Waals surface area contributed by atoms with Crippen LogP contribution in [0.25, 0.3) is 0 Å². The second kappa shape index (κ2) is 4.35. The molecule has 0 aliphatic carbocycles. The maximum Gasteiger partial charge on any atom is 0.223 e. The van der Waals surface area contributed by atoms with Crippen molar-refractivity contribution in [1.82, 2.24) is 10.1 Å². The predicted molar refractivity (Wildman–Crippen MR) is 62.3 cm³/mol. The fourth-order valence-corrected chi connectivity index (χ4v) is 1.67. The SMILES string of the molecule is Cc1nc(CNc2c(C)cccc2C)no1. The molecule has 0 saturated carbocycles. The van der Waals surface area contributed by atoms with Gasteiger partial charge in [0.2, 0.25) is 5.89 Å². The first-order chi connectivity index (χ1) is 7.66. The molecular formula is C12H15N3O. The molecule has 4 nitrogen and oxygen atoms in total. The number of aryl methyl sites for hydroxylation is 3. The van der Waals surface area contributed by atoms with Gasteiger partial charge in [-0.25, -0.2) is 0 Å². The Morgan fingerprint density at radius 1 is 1.19 bits per heavy atom. The molecule has 1 aromatic carbocycles. The van der Waals surface area contributed by atoms with E-state index in [1.165, 1.54) is 11.1 Å². The molecule has 84 valence electrons. The molecule has 16 heavy (non-hydrogen) atoms. The molecule has 0 radical (unpaired) electrons. The lowest BCUT2D eigenvalue weighted by Gasteiger charge is -2.10. The van der Waals surface area contributed by atoms with Gasteiger partial charge in [0.05, 0.1) is 6.54 Å². The predicted octanol–water partition coefficient (Wildman–Crippen LogP) is 2.61. The molecule has 0 amide bonds. The number of para-hydroxylation sites is 1. The fraction of sp³-hybridized carbons (Fsp3) is 0.333. The maximum atomic E-state index is 4.91. The Balaban J connectivity index is 2.10. The van der Waals surface area contributed by atoms with E-state index >= 15 is 0 Å². The van der Waals surface area contributed by atoms with Gasteiger partial charge in [-0.3, -0.25) is 0 Å². The average Bonchev–Trinajstić information content (AvgIpc) is 2.63. The lowest BCUT2D eigenvalue weighted by Crippen LogP contribution is -2.04. The van der Waals surface area contributed by atoms with E-state index in [1.807, 2.05) is 6.07 Å². The molecule has 1 aromatic heterocycles. The van der Waals surface area contributed by atoms with Crippen LogP contribution in [0, 0.1) is 20.8 Å². The summed E-state index contributed by atoms with van der Waals surface area (Å²) in [4.78, 5) is 4.14. The summed E-state index contributed by atoms with van der Waals surface area (Å²) in [6.45, 7) is 6.53. The fourth-order valence-electron chi connectivity index (χ4n) is 1.67. The highest BCUT2D eigenvalue weighted by Gasteiger charge is 2.04. The Hall–Kier alpha value is -1.84. The summed E-state index contributed by atoms with van der Waals surface area (Å²) in [5, 5.41) is 7.17. The van der Waals surface area contributed by atoms with Gasteiger partial charge >= 0.3 is 0 Å². The number of aromatic nitrogens is 2. The standard InChI is InChI=1S/C12H15N3O/c1-8-5-4-6-9(2)12(8)13-7-11-14-10(3)16-15-11/h4-6,13H,7H2,1-3H3. The summed E-state index contributed by atoms with van der Waals surface area (Å²) >= 11 is 0. The quantitative estimate of drug-likeness (QED) is 0.858. The van der Waals surface area contributed by atoms with E-state index in [1.54, 1.807) is 6.92 Å². The van der Waals surface area contributed by atoms with E-state index in [0.29, 0.717) is 18.3 Å². The van der Waals surface area contributed by atoms with Crippen molar-refractivity contribution in [3.05, 3.63) is 41.0 Å². The first-order valence-electron chi connectivity index (χ1n) is 5.26. The van der Waals surface area contributed by atoms with Crippen molar-refractivity contribution in [3.8, 4) is 0 Å². The van der Waals surface area contributed by atoms with E-state index in [9.17, 15) is 0 Å². The number of anilines is 1. The summed E-state index contributed by atoms with van der Waals surface area (Å²) in [5.41, 5.74) is 3.59. The highest BCUT2D eigenvalue weighted by molar-refractivity contribution is 5.56. The highest BCUT2D eigenvalue weighted by atomic mass is 16.5. The molecule has 2 aromatic rings. The summed E-state index contributed by atoms with van der Waals surface area (Å²) in [7, 11) is 0. The number of rotatable bonds is 3. The second-order valence-corrected chi connectivity index (χ2v) is 3.85. The molecule has 0 bridgehead atoms. The van der Waals surface area contributed by atoms with Gasteiger partial charge in [-0.15, -0.1) is 0 Å². The second-order valence-electron chi connectivity index (χ2n) is 3.85. The van der Waals surface area contributed by atoms with E-state index in [4.69, 9.17) is 4.52 Å². The van der Waals surface area contributed by atoms with Crippen molar-refractivity contribution < 1.29 is 4.52 Å². The van der Waals surface area contributed by atoms with Crippen LogP contribution in [-0.2, 0) is 6.54 Å². The van der Waals surface area contributed by atoms with Crippen LogP contribution in [-0.4, -0.2) is 10.1 Å². The van der Waals surface area contributed by atoms with Crippen LogP contribution in [0.2, 0.25) is 0 Å². The monoisotopic (exact) mass is 217 g/mol. The zero-order valence-electron chi connectivity index (χ0n) is 9.74. The average molecular weight is 217 g/mol. The Morgan fingerprint density at radius 3 is 2.44 bits per heavy atom. The van der Waals surface area contributed by atoms with Crippen molar-refractivity contribution >= 4 is 5.69 Å². The van der Waals surface area contributed by atoms with Crippen molar-refractivity contribution in [1.29, 1.82) is 0 Å². The van der Waals surface area contributed by atoms with Crippen molar-refractivity contribution in [2.45, 2.75) is 27.3 Å². The van der Waals surface area contributed by atoms with Crippen LogP contribution in [0.3, 0.4) is 0 Å². The largest absolute Gasteiger partial charge is 0.377 e. The molecule has 1 heterocycles. The number of hydrogen-bond acceptors (Lipinski definition) is 4. The smallest absolute Gasteiger partial charge is 0.223 e. The van der Waals surface area contributed by atoms with E-state index in [0.717, 1.165) is 5.69 Å². The van der Waals surface area contributed by atoms with Gasteiger partial charge < -0.3 is 9.84 Å². The highest BCUT2D eigenvalue weighted by Crippen LogP contribution is 2.19. The van der Waals surface area contributed by atoms with Crippen molar-refractivity contribution in [2.75, 3.05) is 5.32 Å². The molecule has 0 aliphatic rings. The lowest BCUT2D eigenvalue weighted by molar-refractivity contribution is 0.388. The number of nitrogens with zero attached hydrogens (tertiary/aromatic N) is 2. The van der Waals surface area contributed by atoms with Gasteiger partial charge in [-0.05, 0) is 25.0 Å². The van der Waals surface area contributed by atoms with Gasteiger partial charge in [0, 0.05) is 12.6 Å². The van der Waals surface area contributed by atoms with Crippen LogP contribution >= 0.6 is 0 Å². The summed E-state index contributed by atoms with van der Waals surface area (Å²) < 4.78 is 4.91. The first-order valence-corrected chi connectivity index (χ1v) is 5.26. The molecule has 0 spiro atoms. The minimum atomic E-state index is 0.586. The summed E-state index contributed by atoms with van der Waals surface area (Å²) in [6.07, 6.45) is 0. The maximum absolute atomic E-state index is 4.91. The Bertz CT molecular complexity index is 471. The van der Waals surface area contributed by atoms with Gasteiger partial charge in [0.1, 0.15) is 0 Å². The van der Waals surface area contributed by atoms with Crippen LogP contribution in [0.5, 0.6) is 0 Å². The third kappa shape index (κ3) is 2.21. The van der Waals surface area contributed by atoms with Crippen LogP contribution in [0.4, 0.5) is 5.69 Å². The molecule has 1 N–H and O–H groups in total. The summed E-state index contributed by atoms with van der Waals surface area (Å²) in [6, 6.07) is 6.21. The molecule has 0 fully saturated rings. The third-order valence-corrected chi connectivity index (χ3v) is 2.47. The molecular weight excluding hydrogens is 202 g/mol. The molecule has 0 atom stereocenters. The Kier molecular flexibility index (Phi) is 2.90. The zero-order chi connectivity index (χ0) is 11.5. The normalized spacial score (nSPS) is 10.4. The molecule has 0 unspecified atom stereocenters. The number of hydrogen-bond donors (Lipinski definition) is 1. The lowest BCUT2D eigenvalue weighted by atomic mass is 10.1. The van der Waals surface area contributed by atoms with E-state index < -0.39 is 0 Å². The molecule has 0 saturated heterocycles. The minimum absolute atomic E-state index is 0.586. The minimum Gasteiger partial charge on any atom is -0.377 e. The molecule has 4 heteroatoms. The molecule has 2 rings (SSSR count). The zero-order valence-corrected chi connectivity index (χ0v) is 9.74. The van der Waals surface area contributed by atoms with E-state index in [-0.39, 0.29) is 0 Å². The Labute approximate surface area is 94.7 Å². The van der Waals surface area contributed by atoms with E-state index in [2.05, 4.69) is 41.4 Å². The molecule has 0 aliphatic heterocycles. The Morgan fingerprint density at radius 2 is 1.88 bits per heavy atom. The van der Waals surface area contributed by atoms with Gasteiger partial charge in [0.25, 0.3) is 0 Å². The number of benzene rings is 1. The third-order valence-electron chi connectivity index (χ3n) is 2.47. The first kappa shape index (κ1) is 10.7. The topological polar surface area (TPSA) is 51.0 Å². The van der Waals surface area contributed by atoms with Gasteiger partial charge in [-0.1, -0.05) is 23.4 Å². The number of nitrogens with one attached hydrogen (secondary N) is 1. The van der Waals surface area contributed by atoms with Crippen molar-refractivity contribution in [2.24, 2.45) is 0 Å².